The van der Waals surface area contributed by atoms with Gasteiger partial charge in [0.2, 0.25) is 5.91 Å². The molecule has 0 radical (unpaired) electrons. The third-order valence-electron chi connectivity index (χ3n) is 4.59. The number of hydrogen-bond donors (Lipinski definition) is 1. The summed E-state index contributed by atoms with van der Waals surface area (Å²) < 4.78 is 39.6. The topological polar surface area (TPSA) is 81.1 Å². The smallest absolute Gasteiger partial charge is 0.246 e. The lowest BCUT2D eigenvalue weighted by molar-refractivity contribution is -0.117. The predicted octanol–water partition coefficient (Wildman–Crippen LogP) is 4.07. The van der Waals surface area contributed by atoms with Gasteiger partial charge < -0.3 is 5.32 Å². The minimum atomic E-state index is -4.34. The van der Waals surface area contributed by atoms with Gasteiger partial charge >= 0.3 is 0 Å². The number of nitrogens with zero attached hydrogens (tertiary/aromatic N) is 2. The molecule has 1 heterocycles. The number of hydrogen-bond acceptors (Lipinski definition) is 4. The number of anilines is 1. The van der Waals surface area contributed by atoms with Crippen molar-refractivity contribution in [1.29, 1.82) is 0 Å². The summed E-state index contributed by atoms with van der Waals surface area (Å²) in [5, 5.41) is 6.98. The molecule has 1 N–H and O–H groups in total. The molecule has 2 aromatic carbocycles. The number of amides is 1. The van der Waals surface area contributed by atoms with Crippen LogP contribution < -0.4 is 5.32 Å². The number of benzene rings is 2. The van der Waals surface area contributed by atoms with Gasteiger partial charge in [0.05, 0.1) is 5.69 Å². The average Bonchev–Trinajstić information content (AvgIpc) is 3.02. The summed E-state index contributed by atoms with van der Waals surface area (Å²) in [6.07, 6.45) is 0. The lowest BCUT2D eigenvalue weighted by Crippen LogP contribution is -2.45. The van der Waals surface area contributed by atoms with Gasteiger partial charge in [0, 0.05) is 23.7 Å². The van der Waals surface area contributed by atoms with E-state index >= 15 is 0 Å². The molecule has 0 fully saturated rings. The number of halogens is 2. The first kappa shape index (κ1) is 21.0. The van der Waals surface area contributed by atoms with Crippen molar-refractivity contribution in [2.24, 2.45) is 7.05 Å². The lowest BCUT2D eigenvalue weighted by atomic mass is 10.1. The van der Waals surface area contributed by atoms with Gasteiger partial charge in [-0.25, -0.2) is 12.8 Å². The highest BCUT2D eigenvalue weighted by atomic mass is 35.5. The predicted molar refractivity (Wildman–Crippen MR) is 110 cm³/mol. The van der Waals surface area contributed by atoms with Crippen LogP contribution >= 0.6 is 11.6 Å². The Morgan fingerprint density at radius 3 is 2.41 bits per heavy atom. The Balaban J connectivity index is 1.91. The SMILES string of the molecule is Cn1nc(-c2ccccc2)cc1NC(=O)C(C)(C)S(=O)(=O)c1ccc(Cl)cc1F. The van der Waals surface area contributed by atoms with Gasteiger partial charge in [-0.1, -0.05) is 41.9 Å². The molecule has 0 saturated heterocycles. The molecule has 29 heavy (non-hydrogen) atoms. The van der Waals surface area contributed by atoms with E-state index in [4.69, 9.17) is 11.6 Å². The first-order valence-electron chi connectivity index (χ1n) is 8.64. The zero-order valence-corrected chi connectivity index (χ0v) is 17.6. The summed E-state index contributed by atoms with van der Waals surface area (Å²) in [6, 6.07) is 14.2. The summed E-state index contributed by atoms with van der Waals surface area (Å²) in [7, 11) is -2.71. The summed E-state index contributed by atoms with van der Waals surface area (Å²) in [4.78, 5) is 12.3. The molecule has 0 spiro atoms. The van der Waals surface area contributed by atoms with Crippen molar-refractivity contribution in [1.82, 2.24) is 9.78 Å². The average molecular weight is 436 g/mol. The van der Waals surface area contributed by atoms with Crippen LogP contribution in [0.25, 0.3) is 11.3 Å². The largest absolute Gasteiger partial charge is 0.310 e. The number of rotatable bonds is 5. The Labute approximate surface area is 173 Å². The van der Waals surface area contributed by atoms with Crippen molar-refractivity contribution in [3.8, 4) is 11.3 Å². The first-order valence-corrected chi connectivity index (χ1v) is 10.5. The number of sulfone groups is 1. The standard InChI is InChI=1S/C20H19ClFN3O3S/c1-20(2,29(27,28)17-10-9-14(21)11-15(17)22)19(26)23-18-12-16(24-25(18)3)13-7-5-4-6-8-13/h4-12H,1-3H3,(H,23,26). The van der Waals surface area contributed by atoms with Crippen molar-refractivity contribution >= 4 is 33.2 Å². The van der Waals surface area contributed by atoms with E-state index in [-0.39, 0.29) is 5.02 Å². The van der Waals surface area contributed by atoms with E-state index in [1.165, 1.54) is 24.6 Å². The highest BCUT2D eigenvalue weighted by molar-refractivity contribution is 7.93. The van der Waals surface area contributed by atoms with Crippen molar-refractivity contribution in [2.75, 3.05) is 5.32 Å². The minimum Gasteiger partial charge on any atom is -0.310 e. The number of carbonyl (C=O) groups is 1. The number of nitrogens with one attached hydrogen (secondary N) is 1. The quantitative estimate of drug-likeness (QED) is 0.655. The summed E-state index contributed by atoms with van der Waals surface area (Å²) in [6.45, 7) is 2.44. The molecule has 0 unspecified atom stereocenters. The first-order chi connectivity index (χ1) is 13.5. The van der Waals surface area contributed by atoms with Gasteiger partial charge in [0.15, 0.2) is 9.84 Å². The Bertz CT molecular complexity index is 1170. The normalized spacial score (nSPS) is 12.0. The summed E-state index contributed by atoms with van der Waals surface area (Å²) >= 11 is 5.70. The van der Waals surface area contributed by atoms with E-state index in [1.54, 1.807) is 13.1 Å². The number of aromatic nitrogens is 2. The third-order valence-corrected chi connectivity index (χ3v) is 7.27. The molecule has 0 aliphatic rings. The second-order valence-corrected chi connectivity index (χ2v) is 9.85. The highest BCUT2D eigenvalue weighted by Gasteiger charge is 2.44. The molecule has 0 bridgehead atoms. The summed E-state index contributed by atoms with van der Waals surface area (Å²) in [5.41, 5.74) is 1.46. The fraction of sp³-hybridized carbons (Fsp3) is 0.200. The van der Waals surface area contributed by atoms with Crippen LogP contribution in [0.4, 0.5) is 10.2 Å². The van der Waals surface area contributed by atoms with Crippen molar-refractivity contribution in [2.45, 2.75) is 23.5 Å². The van der Waals surface area contributed by atoms with E-state index in [1.807, 2.05) is 30.3 Å². The number of aryl methyl sites for hydroxylation is 1. The van der Waals surface area contributed by atoms with Gasteiger partial charge in [-0.05, 0) is 32.0 Å². The van der Waals surface area contributed by atoms with Crippen LogP contribution in [0.2, 0.25) is 5.02 Å². The van der Waals surface area contributed by atoms with Crippen LogP contribution in [-0.4, -0.2) is 28.9 Å². The lowest BCUT2D eigenvalue weighted by Gasteiger charge is -2.24. The van der Waals surface area contributed by atoms with Crippen LogP contribution in [0.5, 0.6) is 0 Å². The molecule has 0 atom stereocenters. The molecule has 6 nitrogen and oxygen atoms in total. The maximum atomic E-state index is 14.2. The zero-order chi connectivity index (χ0) is 21.4. The number of carbonyl (C=O) groups excluding carboxylic acids is 1. The van der Waals surface area contributed by atoms with Crippen LogP contribution in [0, 0.1) is 5.82 Å². The highest BCUT2D eigenvalue weighted by Crippen LogP contribution is 2.30. The van der Waals surface area contributed by atoms with E-state index < -0.39 is 31.2 Å². The van der Waals surface area contributed by atoms with E-state index in [9.17, 15) is 17.6 Å². The van der Waals surface area contributed by atoms with Crippen molar-refractivity contribution in [3.63, 3.8) is 0 Å². The Morgan fingerprint density at radius 2 is 1.79 bits per heavy atom. The Kier molecular flexibility index (Phi) is 5.51. The minimum absolute atomic E-state index is 0.0621. The van der Waals surface area contributed by atoms with E-state index in [2.05, 4.69) is 10.4 Å². The van der Waals surface area contributed by atoms with Gasteiger partial charge in [0.25, 0.3) is 0 Å². The molecule has 0 aliphatic heterocycles. The monoisotopic (exact) mass is 435 g/mol. The molecule has 9 heteroatoms. The van der Waals surface area contributed by atoms with E-state index in [0.717, 1.165) is 17.7 Å². The van der Waals surface area contributed by atoms with Crippen LogP contribution in [0.1, 0.15) is 13.8 Å². The van der Waals surface area contributed by atoms with Gasteiger partial charge in [-0.2, -0.15) is 5.10 Å². The third kappa shape index (κ3) is 3.90. The molecule has 3 aromatic rings. The fourth-order valence-corrected chi connectivity index (χ4v) is 4.26. The van der Waals surface area contributed by atoms with Gasteiger partial charge in [-0.3, -0.25) is 9.48 Å². The molecule has 152 valence electrons. The Hall–Kier alpha value is -2.71. The van der Waals surface area contributed by atoms with E-state index in [0.29, 0.717) is 11.5 Å². The van der Waals surface area contributed by atoms with Crippen LogP contribution in [0.3, 0.4) is 0 Å². The fourth-order valence-electron chi connectivity index (χ4n) is 2.69. The second-order valence-electron chi connectivity index (χ2n) is 6.95. The molecule has 0 aliphatic carbocycles. The molecular weight excluding hydrogens is 417 g/mol. The molecule has 0 saturated carbocycles. The zero-order valence-electron chi connectivity index (χ0n) is 16.0. The maximum Gasteiger partial charge on any atom is 0.246 e. The van der Waals surface area contributed by atoms with Crippen molar-refractivity contribution < 1.29 is 17.6 Å². The maximum absolute atomic E-state index is 14.2. The van der Waals surface area contributed by atoms with Gasteiger partial charge in [0.1, 0.15) is 21.3 Å². The summed E-state index contributed by atoms with van der Waals surface area (Å²) in [5.74, 6) is -1.51. The van der Waals surface area contributed by atoms with Crippen LogP contribution in [0.15, 0.2) is 59.5 Å². The molecule has 3 rings (SSSR count). The second kappa shape index (κ2) is 7.61. The molecule has 1 aromatic heterocycles. The van der Waals surface area contributed by atoms with Crippen LogP contribution in [-0.2, 0) is 21.7 Å². The van der Waals surface area contributed by atoms with Crippen molar-refractivity contribution in [3.05, 3.63) is 65.4 Å². The molecular formula is C20H19ClFN3O3S. The Morgan fingerprint density at radius 1 is 1.14 bits per heavy atom. The molecule has 1 amide bonds. The van der Waals surface area contributed by atoms with Gasteiger partial charge in [-0.15, -0.1) is 0 Å².